The SMILES string of the molecule is CNC(c1cc(Br)c(Cl)s1)C1CCC(C(C)(C)C)CC1. The number of rotatable bonds is 3. The van der Waals surface area contributed by atoms with Gasteiger partial charge in [-0.1, -0.05) is 32.4 Å². The van der Waals surface area contributed by atoms with Gasteiger partial charge in [0.15, 0.2) is 0 Å². The van der Waals surface area contributed by atoms with Crippen LogP contribution in [0.2, 0.25) is 4.34 Å². The third-order valence-electron chi connectivity index (χ3n) is 4.75. The molecule has 1 aliphatic rings. The number of halogens is 2. The van der Waals surface area contributed by atoms with Crippen LogP contribution in [0, 0.1) is 17.3 Å². The van der Waals surface area contributed by atoms with Gasteiger partial charge < -0.3 is 5.32 Å². The molecule has 0 aliphatic heterocycles. The van der Waals surface area contributed by atoms with E-state index in [1.54, 1.807) is 11.3 Å². The van der Waals surface area contributed by atoms with Crippen LogP contribution in [0.1, 0.15) is 57.4 Å². The maximum Gasteiger partial charge on any atom is 0.107 e. The topological polar surface area (TPSA) is 12.0 Å². The molecule has 1 saturated carbocycles. The van der Waals surface area contributed by atoms with Crippen molar-refractivity contribution in [2.75, 3.05) is 7.05 Å². The molecule has 114 valence electrons. The van der Waals surface area contributed by atoms with E-state index in [-0.39, 0.29) is 0 Å². The molecule has 1 unspecified atom stereocenters. The molecule has 0 spiro atoms. The highest BCUT2D eigenvalue weighted by Crippen LogP contribution is 2.45. The van der Waals surface area contributed by atoms with Crippen LogP contribution in [0.15, 0.2) is 10.5 Å². The van der Waals surface area contributed by atoms with Crippen LogP contribution in [0.5, 0.6) is 0 Å². The average Bonchev–Trinajstić information content (AvgIpc) is 2.70. The molecule has 1 aromatic rings. The van der Waals surface area contributed by atoms with Crippen LogP contribution < -0.4 is 5.32 Å². The fourth-order valence-electron chi connectivity index (χ4n) is 3.45. The highest BCUT2D eigenvalue weighted by Gasteiger charge is 2.33. The summed E-state index contributed by atoms with van der Waals surface area (Å²) in [5.41, 5.74) is 0.454. The summed E-state index contributed by atoms with van der Waals surface area (Å²) in [6, 6.07) is 2.63. The lowest BCUT2D eigenvalue weighted by Gasteiger charge is -2.39. The summed E-state index contributed by atoms with van der Waals surface area (Å²) in [5, 5.41) is 3.51. The van der Waals surface area contributed by atoms with Gasteiger partial charge in [-0.2, -0.15) is 0 Å². The minimum absolute atomic E-state index is 0.449. The van der Waals surface area contributed by atoms with E-state index in [0.29, 0.717) is 11.5 Å². The molecule has 1 N–H and O–H groups in total. The van der Waals surface area contributed by atoms with Gasteiger partial charge in [0.25, 0.3) is 0 Å². The lowest BCUT2D eigenvalue weighted by Crippen LogP contribution is -2.31. The number of hydrogen-bond acceptors (Lipinski definition) is 2. The van der Waals surface area contributed by atoms with Crippen LogP contribution in [-0.4, -0.2) is 7.05 Å². The average molecular weight is 379 g/mol. The third kappa shape index (κ3) is 3.79. The second kappa shape index (κ2) is 6.68. The summed E-state index contributed by atoms with van der Waals surface area (Å²) in [5.74, 6) is 1.61. The van der Waals surface area contributed by atoms with E-state index in [1.807, 2.05) is 0 Å². The zero-order valence-corrected chi connectivity index (χ0v) is 16.0. The molecule has 0 aromatic carbocycles. The number of thiophene rings is 1. The van der Waals surface area contributed by atoms with E-state index in [9.17, 15) is 0 Å². The van der Waals surface area contributed by atoms with E-state index in [2.05, 4.69) is 55.1 Å². The molecule has 4 heteroatoms. The lowest BCUT2D eigenvalue weighted by molar-refractivity contribution is 0.135. The van der Waals surface area contributed by atoms with Gasteiger partial charge in [-0.15, -0.1) is 11.3 Å². The van der Waals surface area contributed by atoms with Gasteiger partial charge in [-0.3, -0.25) is 0 Å². The Hall–Kier alpha value is 0.430. The summed E-state index contributed by atoms with van der Waals surface area (Å²) in [4.78, 5) is 1.36. The van der Waals surface area contributed by atoms with Gasteiger partial charge in [0.05, 0.1) is 0 Å². The Morgan fingerprint density at radius 3 is 2.30 bits per heavy atom. The molecule has 0 bridgehead atoms. The molecule has 0 saturated heterocycles. The molecule has 2 rings (SSSR count). The minimum Gasteiger partial charge on any atom is -0.312 e. The van der Waals surface area contributed by atoms with Crippen LogP contribution in [-0.2, 0) is 0 Å². The molecular formula is C16H25BrClNS. The fourth-order valence-corrected chi connectivity index (χ4v) is 5.39. The predicted octanol–water partition coefficient (Wildman–Crippen LogP) is 6.28. The van der Waals surface area contributed by atoms with Gasteiger partial charge >= 0.3 is 0 Å². The first-order valence-corrected chi connectivity index (χ1v) is 9.43. The van der Waals surface area contributed by atoms with Crippen molar-refractivity contribution in [3.63, 3.8) is 0 Å². The second-order valence-electron chi connectivity index (χ2n) is 7.01. The molecule has 0 amide bonds. The number of nitrogens with one attached hydrogen (secondary N) is 1. The Kier molecular flexibility index (Phi) is 5.61. The van der Waals surface area contributed by atoms with Gasteiger partial charge in [-0.05, 0) is 72.0 Å². The quantitative estimate of drug-likeness (QED) is 0.653. The third-order valence-corrected chi connectivity index (χ3v) is 7.31. The Morgan fingerprint density at radius 2 is 1.90 bits per heavy atom. The van der Waals surface area contributed by atoms with Crippen molar-refractivity contribution in [2.24, 2.45) is 17.3 Å². The zero-order valence-electron chi connectivity index (χ0n) is 12.8. The standard InChI is InChI=1S/C16H25BrClNS/c1-16(2,3)11-7-5-10(6-8-11)14(19-4)13-9-12(17)15(18)20-13/h9-11,14,19H,5-8H2,1-4H3. The first-order valence-electron chi connectivity index (χ1n) is 7.45. The first-order chi connectivity index (χ1) is 9.32. The molecule has 1 aromatic heterocycles. The lowest BCUT2D eigenvalue weighted by atomic mass is 9.68. The van der Waals surface area contributed by atoms with Gasteiger partial charge in [0, 0.05) is 15.4 Å². The van der Waals surface area contributed by atoms with E-state index in [4.69, 9.17) is 11.6 Å². The normalized spacial score (nSPS) is 25.7. The van der Waals surface area contributed by atoms with E-state index >= 15 is 0 Å². The molecule has 0 radical (unpaired) electrons. The number of hydrogen-bond donors (Lipinski definition) is 1. The fraction of sp³-hybridized carbons (Fsp3) is 0.750. The molecule has 1 nitrogen and oxygen atoms in total. The smallest absolute Gasteiger partial charge is 0.107 e. The van der Waals surface area contributed by atoms with Crippen molar-refractivity contribution in [3.8, 4) is 0 Å². The maximum atomic E-state index is 6.20. The molecule has 1 aliphatic carbocycles. The zero-order chi connectivity index (χ0) is 14.9. The van der Waals surface area contributed by atoms with Crippen LogP contribution in [0.3, 0.4) is 0 Å². The summed E-state index contributed by atoms with van der Waals surface area (Å²) < 4.78 is 1.89. The van der Waals surface area contributed by atoms with Gasteiger partial charge in [-0.25, -0.2) is 0 Å². The van der Waals surface area contributed by atoms with Crippen LogP contribution >= 0.6 is 38.9 Å². The Morgan fingerprint density at radius 1 is 1.30 bits per heavy atom. The maximum absolute atomic E-state index is 6.20. The van der Waals surface area contributed by atoms with E-state index in [1.165, 1.54) is 30.6 Å². The van der Waals surface area contributed by atoms with Crippen molar-refractivity contribution < 1.29 is 0 Å². The van der Waals surface area contributed by atoms with Crippen molar-refractivity contribution in [1.29, 1.82) is 0 Å². The minimum atomic E-state index is 0.449. The van der Waals surface area contributed by atoms with Gasteiger partial charge in [0.1, 0.15) is 4.34 Å². The summed E-state index contributed by atoms with van der Waals surface area (Å²) in [6.45, 7) is 7.14. The van der Waals surface area contributed by atoms with Crippen molar-refractivity contribution in [1.82, 2.24) is 5.32 Å². The van der Waals surface area contributed by atoms with E-state index in [0.717, 1.165) is 20.6 Å². The summed E-state index contributed by atoms with van der Waals surface area (Å²) >= 11 is 11.4. The highest BCUT2D eigenvalue weighted by atomic mass is 79.9. The van der Waals surface area contributed by atoms with Crippen LogP contribution in [0.25, 0.3) is 0 Å². The Balaban J connectivity index is 2.04. The first kappa shape index (κ1) is 16.8. The molecular weight excluding hydrogens is 354 g/mol. The van der Waals surface area contributed by atoms with Crippen LogP contribution in [0.4, 0.5) is 0 Å². The summed E-state index contributed by atoms with van der Waals surface area (Å²) in [6.07, 6.45) is 5.35. The summed E-state index contributed by atoms with van der Waals surface area (Å²) in [7, 11) is 2.07. The Labute approximate surface area is 140 Å². The predicted molar refractivity (Wildman–Crippen MR) is 93.7 cm³/mol. The van der Waals surface area contributed by atoms with Gasteiger partial charge in [0.2, 0.25) is 0 Å². The molecule has 1 fully saturated rings. The molecule has 1 heterocycles. The monoisotopic (exact) mass is 377 g/mol. The molecule has 1 atom stereocenters. The Bertz CT molecular complexity index is 424. The highest BCUT2D eigenvalue weighted by molar-refractivity contribution is 9.10. The largest absolute Gasteiger partial charge is 0.312 e. The van der Waals surface area contributed by atoms with E-state index < -0.39 is 0 Å². The van der Waals surface area contributed by atoms with Crippen molar-refractivity contribution in [3.05, 3.63) is 19.8 Å². The molecule has 20 heavy (non-hydrogen) atoms. The van der Waals surface area contributed by atoms with Crippen molar-refractivity contribution in [2.45, 2.75) is 52.5 Å². The second-order valence-corrected chi connectivity index (χ2v) is 9.55. The van der Waals surface area contributed by atoms with Crippen molar-refractivity contribution >= 4 is 38.9 Å².